The molecule has 20 heavy (non-hydrogen) atoms. The number of hydrogen-bond donors (Lipinski definition) is 1. The summed E-state index contributed by atoms with van der Waals surface area (Å²) < 4.78 is 0. The normalized spacial score (nSPS) is 12.1. The summed E-state index contributed by atoms with van der Waals surface area (Å²) in [5.74, 6) is 0.715. The summed E-state index contributed by atoms with van der Waals surface area (Å²) in [5.41, 5.74) is 2.77. The van der Waals surface area contributed by atoms with Crippen molar-refractivity contribution < 1.29 is 0 Å². The van der Waals surface area contributed by atoms with Crippen molar-refractivity contribution in [2.24, 2.45) is 5.92 Å². The fraction of sp³-hybridized carbons (Fsp3) is 0.667. The number of hydrogen-bond acceptors (Lipinski definition) is 2. The third kappa shape index (κ3) is 6.53. The van der Waals surface area contributed by atoms with Crippen molar-refractivity contribution in [3.05, 3.63) is 35.4 Å². The van der Waals surface area contributed by atoms with Crippen LogP contribution in [0.1, 0.15) is 52.7 Å². The second kappa shape index (κ2) is 8.43. The molecule has 0 amide bonds. The molecule has 0 saturated heterocycles. The highest BCUT2D eigenvalue weighted by Crippen LogP contribution is 2.12. The van der Waals surface area contributed by atoms with Gasteiger partial charge in [-0.05, 0) is 30.9 Å². The van der Waals surface area contributed by atoms with Gasteiger partial charge in [0, 0.05) is 31.7 Å². The Morgan fingerprint density at radius 2 is 1.45 bits per heavy atom. The van der Waals surface area contributed by atoms with Crippen molar-refractivity contribution in [3.63, 3.8) is 0 Å². The van der Waals surface area contributed by atoms with Crippen LogP contribution in [0.25, 0.3) is 0 Å². The average Bonchev–Trinajstić information content (AvgIpc) is 2.36. The van der Waals surface area contributed by atoms with Crippen LogP contribution in [-0.4, -0.2) is 23.5 Å². The Balaban J connectivity index is 2.58. The molecule has 0 aliphatic carbocycles. The Hall–Kier alpha value is -0.860. The first-order valence-electron chi connectivity index (χ1n) is 7.93. The molecule has 1 rings (SSSR count). The van der Waals surface area contributed by atoms with Gasteiger partial charge in [0.05, 0.1) is 0 Å². The minimum atomic E-state index is 0.539. The predicted molar refractivity (Wildman–Crippen MR) is 88.8 cm³/mol. The first-order chi connectivity index (χ1) is 9.38. The summed E-state index contributed by atoms with van der Waals surface area (Å²) in [6.45, 7) is 16.7. The maximum absolute atomic E-state index is 3.46. The van der Waals surface area contributed by atoms with Crippen molar-refractivity contribution >= 4 is 0 Å². The Kier molecular flexibility index (Phi) is 7.25. The van der Waals surface area contributed by atoms with Gasteiger partial charge in [-0.15, -0.1) is 0 Å². The molecule has 0 bridgehead atoms. The molecule has 0 aliphatic rings. The highest BCUT2D eigenvalue weighted by molar-refractivity contribution is 5.22. The van der Waals surface area contributed by atoms with Gasteiger partial charge in [0.25, 0.3) is 0 Å². The smallest absolute Gasteiger partial charge is 0.0236 e. The Morgan fingerprint density at radius 3 is 1.90 bits per heavy atom. The molecule has 0 radical (unpaired) electrons. The molecule has 2 heteroatoms. The molecule has 0 saturated carbocycles. The van der Waals surface area contributed by atoms with Gasteiger partial charge in [-0.2, -0.15) is 0 Å². The van der Waals surface area contributed by atoms with Crippen molar-refractivity contribution in [2.75, 3.05) is 6.54 Å². The van der Waals surface area contributed by atoms with Crippen LogP contribution in [0.4, 0.5) is 0 Å². The minimum absolute atomic E-state index is 0.539. The summed E-state index contributed by atoms with van der Waals surface area (Å²) in [7, 11) is 0. The van der Waals surface area contributed by atoms with E-state index in [0.717, 1.165) is 19.6 Å². The topological polar surface area (TPSA) is 15.3 Å². The number of rotatable bonds is 8. The second-order valence-electron chi connectivity index (χ2n) is 6.77. The van der Waals surface area contributed by atoms with Gasteiger partial charge in [0.2, 0.25) is 0 Å². The monoisotopic (exact) mass is 276 g/mol. The maximum atomic E-state index is 3.46. The van der Waals surface area contributed by atoms with E-state index in [1.165, 1.54) is 11.1 Å². The SMILES string of the molecule is CC(C)CN(Cc1ccc(CNC(C)C)cc1)C(C)C. The zero-order chi connectivity index (χ0) is 15.1. The first-order valence-corrected chi connectivity index (χ1v) is 7.93. The van der Waals surface area contributed by atoms with Crippen LogP contribution in [0, 0.1) is 5.92 Å². The lowest BCUT2D eigenvalue weighted by Gasteiger charge is -2.28. The number of nitrogens with one attached hydrogen (secondary N) is 1. The van der Waals surface area contributed by atoms with Gasteiger partial charge in [-0.3, -0.25) is 4.90 Å². The first kappa shape index (κ1) is 17.2. The Morgan fingerprint density at radius 1 is 0.900 bits per heavy atom. The lowest BCUT2D eigenvalue weighted by atomic mass is 10.1. The van der Waals surface area contributed by atoms with Crippen LogP contribution in [0.5, 0.6) is 0 Å². The van der Waals surface area contributed by atoms with E-state index in [-0.39, 0.29) is 0 Å². The average molecular weight is 276 g/mol. The van der Waals surface area contributed by atoms with Gasteiger partial charge in [-0.1, -0.05) is 52.0 Å². The molecule has 0 atom stereocenters. The Labute approximate surface area is 125 Å². The Bertz CT molecular complexity index is 366. The lowest BCUT2D eigenvalue weighted by Crippen LogP contribution is -2.33. The summed E-state index contributed by atoms with van der Waals surface area (Å²) in [5, 5.41) is 3.46. The summed E-state index contributed by atoms with van der Waals surface area (Å²) >= 11 is 0. The molecule has 0 unspecified atom stereocenters. The summed E-state index contributed by atoms with van der Waals surface area (Å²) in [6.07, 6.45) is 0. The van der Waals surface area contributed by atoms with Crippen LogP contribution < -0.4 is 5.32 Å². The zero-order valence-corrected chi connectivity index (χ0v) is 14.1. The molecule has 0 aromatic heterocycles. The summed E-state index contributed by atoms with van der Waals surface area (Å²) in [6, 6.07) is 10.2. The minimum Gasteiger partial charge on any atom is -0.310 e. The molecular formula is C18H32N2. The second-order valence-corrected chi connectivity index (χ2v) is 6.77. The van der Waals surface area contributed by atoms with Crippen LogP contribution in [0.15, 0.2) is 24.3 Å². The van der Waals surface area contributed by atoms with Gasteiger partial charge in [0.15, 0.2) is 0 Å². The molecule has 1 aromatic rings. The van der Waals surface area contributed by atoms with Crippen molar-refractivity contribution in [1.82, 2.24) is 10.2 Å². The molecule has 1 aromatic carbocycles. The number of nitrogens with zero attached hydrogens (tertiary/aromatic N) is 1. The standard InChI is InChI=1S/C18H32N2/c1-14(2)12-20(16(5)6)13-18-9-7-17(8-10-18)11-19-15(3)4/h7-10,14-16,19H,11-13H2,1-6H3. The van der Waals surface area contributed by atoms with E-state index in [0.29, 0.717) is 18.0 Å². The van der Waals surface area contributed by atoms with Crippen molar-refractivity contribution in [1.29, 1.82) is 0 Å². The van der Waals surface area contributed by atoms with E-state index in [9.17, 15) is 0 Å². The molecule has 1 N–H and O–H groups in total. The van der Waals surface area contributed by atoms with Crippen molar-refractivity contribution in [3.8, 4) is 0 Å². The van der Waals surface area contributed by atoms with E-state index in [2.05, 4.69) is 76.0 Å². The van der Waals surface area contributed by atoms with Gasteiger partial charge in [0.1, 0.15) is 0 Å². The van der Waals surface area contributed by atoms with Crippen LogP contribution in [-0.2, 0) is 13.1 Å². The molecule has 0 heterocycles. The highest BCUT2D eigenvalue weighted by atomic mass is 15.1. The predicted octanol–water partition coefficient (Wildman–Crippen LogP) is 4.05. The fourth-order valence-corrected chi connectivity index (χ4v) is 2.25. The van der Waals surface area contributed by atoms with Crippen molar-refractivity contribution in [2.45, 2.75) is 66.7 Å². The van der Waals surface area contributed by atoms with E-state index >= 15 is 0 Å². The maximum Gasteiger partial charge on any atom is 0.0236 e. The molecule has 0 aliphatic heterocycles. The lowest BCUT2D eigenvalue weighted by molar-refractivity contribution is 0.189. The van der Waals surface area contributed by atoms with Gasteiger partial charge < -0.3 is 5.32 Å². The van der Waals surface area contributed by atoms with E-state index in [1.807, 2.05) is 0 Å². The van der Waals surface area contributed by atoms with Gasteiger partial charge in [-0.25, -0.2) is 0 Å². The largest absolute Gasteiger partial charge is 0.310 e. The molecule has 0 spiro atoms. The molecule has 2 nitrogen and oxygen atoms in total. The highest BCUT2D eigenvalue weighted by Gasteiger charge is 2.11. The van der Waals surface area contributed by atoms with Gasteiger partial charge >= 0.3 is 0 Å². The fourth-order valence-electron chi connectivity index (χ4n) is 2.25. The molecular weight excluding hydrogens is 244 g/mol. The molecule has 0 fully saturated rings. The summed E-state index contributed by atoms with van der Waals surface area (Å²) in [4.78, 5) is 2.55. The third-order valence-corrected chi connectivity index (χ3v) is 3.45. The van der Waals surface area contributed by atoms with Crippen LogP contribution in [0.2, 0.25) is 0 Å². The number of benzene rings is 1. The third-order valence-electron chi connectivity index (χ3n) is 3.45. The zero-order valence-electron chi connectivity index (χ0n) is 14.1. The van der Waals surface area contributed by atoms with Crippen LogP contribution in [0.3, 0.4) is 0 Å². The van der Waals surface area contributed by atoms with E-state index in [1.54, 1.807) is 0 Å². The quantitative estimate of drug-likeness (QED) is 0.770. The van der Waals surface area contributed by atoms with E-state index in [4.69, 9.17) is 0 Å². The van der Waals surface area contributed by atoms with E-state index < -0.39 is 0 Å². The molecule has 114 valence electrons. The van der Waals surface area contributed by atoms with Crippen LogP contribution >= 0.6 is 0 Å².